The Kier molecular flexibility index (Phi) is 5.93. The van der Waals surface area contributed by atoms with E-state index in [-0.39, 0.29) is 22.5 Å². The Hall–Kier alpha value is -2.67. The van der Waals surface area contributed by atoms with Gasteiger partial charge in [-0.25, -0.2) is 5.43 Å². The van der Waals surface area contributed by atoms with Crippen molar-refractivity contribution in [2.75, 3.05) is 5.32 Å². The van der Waals surface area contributed by atoms with Crippen molar-refractivity contribution >= 4 is 34.8 Å². The number of amides is 2. The summed E-state index contributed by atoms with van der Waals surface area (Å²) >= 11 is 5.93. The number of carbonyl (C=O) groups is 2. The topological polar surface area (TPSA) is 88.4 Å². The molecule has 0 saturated heterocycles. The maximum atomic E-state index is 12.2. The van der Waals surface area contributed by atoms with Crippen molar-refractivity contribution in [1.82, 2.24) is 15.2 Å². The summed E-state index contributed by atoms with van der Waals surface area (Å²) in [4.78, 5) is 23.9. The second-order valence-electron chi connectivity index (χ2n) is 5.83. The Balaban J connectivity index is 2.12. The third-order valence-corrected chi connectivity index (χ3v) is 3.78. The second kappa shape index (κ2) is 7.94. The molecule has 0 saturated carbocycles. The van der Waals surface area contributed by atoms with Gasteiger partial charge in [0.05, 0.1) is 16.9 Å². The molecule has 132 valence electrons. The second-order valence-corrected chi connectivity index (χ2v) is 6.23. The summed E-state index contributed by atoms with van der Waals surface area (Å²) in [6, 6.07) is 7.24. The first-order valence-corrected chi connectivity index (χ1v) is 8.10. The Morgan fingerprint density at radius 1 is 1.32 bits per heavy atom. The number of rotatable bonds is 5. The molecule has 0 fully saturated rings. The van der Waals surface area contributed by atoms with Gasteiger partial charge in [0.25, 0.3) is 5.91 Å². The van der Waals surface area contributed by atoms with Crippen LogP contribution in [0.1, 0.15) is 36.8 Å². The fourth-order valence-corrected chi connectivity index (χ4v) is 2.28. The van der Waals surface area contributed by atoms with Gasteiger partial charge in [0.2, 0.25) is 5.91 Å². The van der Waals surface area contributed by atoms with Crippen LogP contribution in [0.25, 0.3) is 0 Å². The summed E-state index contributed by atoms with van der Waals surface area (Å²) in [5.74, 6) is -0.624. The third kappa shape index (κ3) is 4.67. The van der Waals surface area contributed by atoms with Crippen molar-refractivity contribution in [2.45, 2.75) is 20.8 Å². The maximum absolute atomic E-state index is 12.2. The number of hydrazone groups is 1. The molecule has 7 nitrogen and oxygen atoms in total. The van der Waals surface area contributed by atoms with E-state index in [2.05, 4.69) is 20.9 Å². The Morgan fingerprint density at radius 3 is 2.64 bits per heavy atom. The zero-order valence-electron chi connectivity index (χ0n) is 14.5. The SMILES string of the molecule is C/C(=N/NC(=O)c1c(Cl)cnn1C)c1cccc(NC(=O)C(C)C)c1. The van der Waals surface area contributed by atoms with E-state index in [1.807, 2.05) is 26.0 Å². The number of nitrogens with zero attached hydrogens (tertiary/aromatic N) is 3. The van der Waals surface area contributed by atoms with Crippen LogP contribution in [0.4, 0.5) is 5.69 Å². The number of halogens is 1. The molecule has 25 heavy (non-hydrogen) atoms. The highest BCUT2D eigenvalue weighted by molar-refractivity contribution is 6.33. The highest BCUT2D eigenvalue weighted by Crippen LogP contribution is 2.15. The highest BCUT2D eigenvalue weighted by Gasteiger charge is 2.15. The van der Waals surface area contributed by atoms with Gasteiger partial charge in [0.15, 0.2) is 0 Å². The molecule has 0 radical (unpaired) electrons. The van der Waals surface area contributed by atoms with Crippen LogP contribution in [0.3, 0.4) is 0 Å². The average molecular weight is 362 g/mol. The van der Waals surface area contributed by atoms with Gasteiger partial charge in [0.1, 0.15) is 5.69 Å². The minimum Gasteiger partial charge on any atom is -0.326 e. The van der Waals surface area contributed by atoms with Gasteiger partial charge < -0.3 is 5.32 Å². The number of hydrogen-bond donors (Lipinski definition) is 2. The smallest absolute Gasteiger partial charge is 0.291 e. The molecule has 0 aliphatic carbocycles. The maximum Gasteiger partial charge on any atom is 0.291 e. The van der Waals surface area contributed by atoms with Gasteiger partial charge in [0, 0.05) is 18.7 Å². The predicted octanol–water partition coefficient (Wildman–Crippen LogP) is 2.82. The van der Waals surface area contributed by atoms with Crippen molar-refractivity contribution in [3.63, 3.8) is 0 Å². The molecule has 1 heterocycles. The van der Waals surface area contributed by atoms with E-state index in [9.17, 15) is 9.59 Å². The zero-order chi connectivity index (χ0) is 18.6. The minimum absolute atomic E-state index is 0.0640. The van der Waals surface area contributed by atoms with Gasteiger partial charge in [-0.2, -0.15) is 10.2 Å². The summed E-state index contributed by atoms with van der Waals surface area (Å²) in [6.07, 6.45) is 1.40. The Bertz CT molecular complexity index is 807. The standard InChI is InChI=1S/C17H20ClN5O2/c1-10(2)16(24)20-13-7-5-6-12(8-13)11(3)21-22-17(25)15-14(18)9-19-23(15)4/h5-10H,1-4H3,(H,20,24)(H,22,25)/b21-11-. The molecule has 0 bridgehead atoms. The van der Waals surface area contributed by atoms with E-state index in [4.69, 9.17) is 11.6 Å². The molecule has 0 unspecified atom stereocenters. The van der Waals surface area contributed by atoms with E-state index in [0.29, 0.717) is 11.4 Å². The molecule has 1 aromatic heterocycles. The Labute approximate surface area is 151 Å². The van der Waals surface area contributed by atoms with Gasteiger partial charge in [-0.3, -0.25) is 14.3 Å². The number of aryl methyl sites for hydroxylation is 1. The normalized spacial score (nSPS) is 11.5. The molecule has 2 N–H and O–H groups in total. The van der Waals surface area contributed by atoms with E-state index in [1.54, 1.807) is 26.1 Å². The summed E-state index contributed by atoms with van der Waals surface area (Å²) in [5, 5.41) is 11.1. The summed E-state index contributed by atoms with van der Waals surface area (Å²) in [5.41, 5.74) is 4.73. The first-order valence-electron chi connectivity index (χ1n) is 7.73. The summed E-state index contributed by atoms with van der Waals surface area (Å²) in [7, 11) is 1.62. The number of nitrogens with one attached hydrogen (secondary N) is 2. The van der Waals surface area contributed by atoms with Crippen LogP contribution in [0.2, 0.25) is 5.02 Å². The lowest BCUT2D eigenvalue weighted by Gasteiger charge is -2.09. The highest BCUT2D eigenvalue weighted by atomic mass is 35.5. The molecule has 1 aromatic carbocycles. The molecule has 2 amide bonds. The van der Waals surface area contributed by atoms with Crippen molar-refractivity contribution in [3.8, 4) is 0 Å². The van der Waals surface area contributed by atoms with Crippen molar-refractivity contribution < 1.29 is 9.59 Å². The van der Waals surface area contributed by atoms with Gasteiger partial charge >= 0.3 is 0 Å². The molecule has 0 aliphatic heterocycles. The molecule has 0 atom stereocenters. The number of aromatic nitrogens is 2. The lowest BCUT2D eigenvalue weighted by atomic mass is 10.1. The van der Waals surface area contributed by atoms with Crippen molar-refractivity contribution in [2.24, 2.45) is 18.1 Å². The lowest BCUT2D eigenvalue weighted by molar-refractivity contribution is -0.118. The molecular weight excluding hydrogens is 342 g/mol. The number of carbonyl (C=O) groups excluding carboxylic acids is 2. The molecule has 8 heteroatoms. The van der Waals surface area contributed by atoms with Gasteiger partial charge in [-0.15, -0.1) is 0 Å². The molecule has 2 aromatic rings. The largest absolute Gasteiger partial charge is 0.326 e. The third-order valence-electron chi connectivity index (χ3n) is 3.51. The van der Waals surface area contributed by atoms with Crippen molar-refractivity contribution in [1.29, 1.82) is 0 Å². The number of hydrogen-bond acceptors (Lipinski definition) is 4. The van der Waals surface area contributed by atoms with Crippen LogP contribution in [-0.4, -0.2) is 27.3 Å². The van der Waals surface area contributed by atoms with Crippen LogP contribution in [0, 0.1) is 5.92 Å². The lowest BCUT2D eigenvalue weighted by Crippen LogP contribution is -2.22. The summed E-state index contributed by atoms with van der Waals surface area (Å²) < 4.78 is 1.38. The first kappa shape index (κ1) is 18.7. The fraction of sp³-hybridized carbons (Fsp3) is 0.294. The van der Waals surface area contributed by atoms with Crippen LogP contribution < -0.4 is 10.7 Å². The number of anilines is 1. The quantitative estimate of drug-likeness (QED) is 0.634. The molecule has 2 rings (SSSR count). The van der Waals surface area contributed by atoms with E-state index in [0.717, 1.165) is 5.56 Å². The fourth-order valence-electron chi connectivity index (χ4n) is 2.03. The Morgan fingerprint density at radius 2 is 2.04 bits per heavy atom. The molecule has 0 aliphatic rings. The summed E-state index contributed by atoms with van der Waals surface area (Å²) in [6.45, 7) is 5.41. The van der Waals surface area contributed by atoms with E-state index < -0.39 is 5.91 Å². The zero-order valence-corrected chi connectivity index (χ0v) is 15.3. The van der Waals surface area contributed by atoms with Crippen LogP contribution >= 0.6 is 11.6 Å². The van der Waals surface area contributed by atoms with Gasteiger partial charge in [-0.1, -0.05) is 37.6 Å². The number of benzene rings is 1. The average Bonchev–Trinajstić information content (AvgIpc) is 2.91. The first-order chi connectivity index (χ1) is 11.8. The van der Waals surface area contributed by atoms with Gasteiger partial charge in [-0.05, 0) is 24.6 Å². The van der Waals surface area contributed by atoms with Crippen LogP contribution in [0.15, 0.2) is 35.6 Å². The van der Waals surface area contributed by atoms with E-state index >= 15 is 0 Å². The predicted molar refractivity (Wildman–Crippen MR) is 97.8 cm³/mol. The van der Waals surface area contributed by atoms with Crippen LogP contribution in [-0.2, 0) is 11.8 Å². The van der Waals surface area contributed by atoms with Crippen LogP contribution in [0.5, 0.6) is 0 Å². The molecule has 0 spiro atoms. The van der Waals surface area contributed by atoms with Crippen molar-refractivity contribution in [3.05, 3.63) is 46.7 Å². The minimum atomic E-state index is -0.450. The van der Waals surface area contributed by atoms with E-state index in [1.165, 1.54) is 10.9 Å². The monoisotopic (exact) mass is 361 g/mol. The molecular formula is C17H20ClN5O2.